The first kappa shape index (κ1) is 16.7. The van der Waals surface area contributed by atoms with E-state index < -0.39 is 0 Å². The lowest BCUT2D eigenvalue weighted by Gasteiger charge is -2.17. The Bertz CT molecular complexity index is 992. The normalized spacial score (nSPS) is 15.8. The molecule has 26 heavy (non-hydrogen) atoms. The van der Waals surface area contributed by atoms with Crippen molar-refractivity contribution < 1.29 is 9.53 Å². The number of hydrogen-bond acceptors (Lipinski definition) is 4. The van der Waals surface area contributed by atoms with Gasteiger partial charge in [0, 0.05) is 31.0 Å². The Kier molecular flexibility index (Phi) is 4.42. The highest BCUT2D eigenvalue weighted by Gasteiger charge is 2.25. The Balaban J connectivity index is 1.65. The third-order valence-corrected chi connectivity index (χ3v) is 5.51. The molecule has 0 saturated carbocycles. The van der Waals surface area contributed by atoms with Crippen LogP contribution in [0.5, 0.6) is 5.75 Å². The molecule has 0 bridgehead atoms. The molecule has 2 aromatic carbocycles. The van der Waals surface area contributed by atoms with Crippen molar-refractivity contribution in [1.29, 1.82) is 0 Å². The number of methoxy groups -OCH3 is 1. The Morgan fingerprint density at radius 3 is 2.69 bits per heavy atom. The van der Waals surface area contributed by atoms with Gasteiger partial charge in [0.15, 0.2) is 0 Å². The van der Waals surface area contributed by atoms with Crippen LogP contribution in [0.4, 0.5) is 0 Å². The van der Waals surface area contributed by atoms with Crippen LogP contribution >= 0.6 is 11.8 Å². The molecule has 1 aliphatic heterocycles. The fraction of sp³-hybridized carbons (Fsp3) is 0.200. The van der Waals surface area contributed by atoms with E-state index >= 15 is 0 Å². The average molecular weight is 365 g/mol. The zero-order valence-corrected chi connectivity index (χ0v) is 15.5. The van der Waals surface area contributed by atoms with Crippen LogP contribution in [0.1, 0.15) is 16.2 Å². The minimum atomic E-state index is 0.00247. The van der Waals surface area contributed by atoms with Gasteiger partial charge in [-0.1, -0.05) is 12.1 Å². The number of hydrogen-bond donors (Lipinski definition) is 0. The summed E-state index contributed by atoms with van der Waals surface area (Å²) in [6.45, 7) is 0.700. The SMILES string of the molecule is COc1ccc(C(=O)N2CCS/C2=C/c2nc3ccccc3n2C)cc1. The van der Waals surface area contributed by atoms with E-state index in [1.54, 1.807) is 31.0 Å². The van der Waals surface area contributed by atoms with E-state index in [-0.39, 0.29) is 5.91 Å². The topological polar surface area (TPSA) is 47.4 Å². The second-order valence-corrected chi connectivity index (χ2v) is 7.15. The summed E-state index contributed by atoms with van der Waals surface area (Å²) < 4.78 is 7.22. The van der Waals surface area contributed by atoms with Gasteiger partial charge in [-0.05, 0) is 36.4 Å². The summed E-state index contributed by atoms with van der Waals surface area (Å²) in [5.74, 6) is 2.48. The third-order valence-electron chi connectivity index (χ3n) is 4.49. The summed E-state index contributed by atoms with van der Waals surface area (Å²) in [5.41, 5.74) is 2.69. The number of carbonyl (C=O) groups is 1. The summed E-state index contributed by atoms with van der Waals surface area (Å²) in [7, 11) is 3.61. The van der Waals surface area contributed by atoms with Gasteiger partial charge in [0.05, 0.1) is 23.2 Å². The lowest BCUT2D eigenvalue weighted by Crippen LogP contribution is -2.26. The smallest absolute Gasteiger partial charge is 0.258 e. The molecule has 2 heterocycles. The van der Waals surface area contributed by atoms with Crippen LogP contribution in [0.3, 0.4) is 0 Å². The fourth-order valence-electron chi connectivity index (χ4n) is 3.04. The maximum atomic E-state index is 12.9. The molecule has 0 radical (unpaired) electrons. The van der Waals surface area contributed by atoms with Crippen molar-refractivity contribution in [2.75, 3.05) is 19.4 Å². The van der Waals surface area contributed by atoms with Crippen molar-refractivity contribution in [3.8, 4) is 5.75 Å². The van der Waals surface area contributed by atoms with Gasteiger partial charge < -0.3 is 14.2 Å². The van der Waals surface area contributed by atoms with Crippen LogP contribution in [0.2, 0.25) is 0 Å². The van der Waals surface area contributed by atoms with Gasteiger partial charge in [0.25, 0.3) is 5.91 Å². The van der Waals surface area contributed by atoms with E-state index in [9.17, 15) is 4.79 Å². The minimum absolute atomic E-state index is 0.00247. The van der Waals surface area contributed by atoms with Gasteiger partial charge in [-0.25, -0.2) is 4.98 Å². The number of nitrogens with zero attached hydrogens (tertiary/aromatic N) is 3. The number of fused-ring (bicyclic) bond motifs is 1. The van der Waals surface area contributed by atoms with Crippen molar-refractivity contribution in [2.24, 2.45) is 7.05 Å². The molecular formula is C20H19N3O2S. The van der Waals surface area contributed by atoms with Crippen molar-refractivity contribution in [1.82, 2.24) is 14.5 Å². The molecule has 1 fully saturated rings. The molecular weight excluding hydrogens is 346 g/mol. The minimum Gasteiger partial charge on any atom is -0.497 e. The predicted octanol–water partition coefficient (Wildman–Crippen LogP) is 3.77. The molecule has 0 aliphatic carbocycles. The van der Waals surface area contributed by atoms with Gasteiger partial charge in [0.1, 0.15) is 11.6 Å². The Hall–Kier alpha value is -2.73. The summed E-state index contributed by atoms with van der Waals surface area (Å²) in [6, 6.07) is 15.3. The number of imidazole rings is 1. The second kappa shape index (κ2) is 6.88. The number of rotatable bonds is 3. The average Bonchev–Trinajstić information content (AvgIpc) is 3.27. The lowest BCUT2D eigenvalue weighted by atomic mass is 10.2. The van der Waals surface area contributed by atoms with Crippen LogP contribution in [0, 0.1) is 0 Å². The van der Waals surface area contributed by atoms with Crippen molar-refractivity contribution in [3.63, 3.8) is 0 Å². The summed E-state index contributed by atoms with van der Waals surface area (Å²) >= 11 is 1.68. The Morgan fingerprint density at radius 1 is 1.19 bits per heavy atom. The second-order valence-electron chi connectivity index (χ2n) is 6.03. The first-order valence-corrected chi connectivity index (χ1v) is 9.38. The molecule has 1 amide bonds. The van der Waals surface area contributed by atoms with Gasteiger partial charge in [0.2, 0.25) is 0 Å². The maximum absolute atomic E-state index is 12.9. The Morgan fingerprint density at radius 2 is 1.96 bits per heavy atom. The highest BCUT2D eigenvalue weighted by molar-refractivity contribution is 8.03. The third kappa shape index (κ3) is 2.97. The zero-order valence-electron chi connectivity index (χ0n) is 14.7. The number of aryl methyl sites for hydroxylation is 1. The number of thioether (sulfide) groups is 1. The van der Waals surface area contributed by atoms with Crippen molar-refractivity contribution in [3.05, 3.63) is 64.9 Å². The highest BCUT2D eigenvalue weighted by Crippen LogP contribution is 2.31. The van der Waals surface area contributed by atoms with Gasteiger partial charge in [-0.2, -0.15) is 0 Å². The van der Waals surface area contributed by atoms with Crippen molar-refractivity contribution in [2.45, 2.75) is 0 Å². The maximum Gasteiger partial charge on any atom is 0.258 e. The molecule has 1 aromatic heterocycles. The molecule has 4 rings (SSSR count). The summed E-state index contributed by atoms with van der Waals surface area (Å²) in [5, 5.41) is 0.934. The Labute approximate surface area is 156 Å². The quantitative estimate of drug-likeness (QED) is 0.709. The van der Waals surface area contributed by atoms with Crippen LogP contribution in [-0.4, -0.2) is 39.8 Å². The largest absolute Gasteiger partial charge is 0.497 e. The van der Waals surface area contributed by atoms with E-state index in [1.165, 1.54) is 0 Å². The lowest BCUT2D eigenvalue weighted by molar-refractivity contribution is 0.0831. The molecule has 132 valence electrons. The molecule has 5 nitrogen and oxygen atoms in total. The zero-order chi connectivity index (χ0) is 18.1. The number of amides is 1. The van der Waals surface area contributed by atoms with Gasteiger partial charge in [-0.15, -0.1) is 11.8 Å². The predicted molar refractivity (Wildman–Crippen MR) is 105 cm³/mol. The molecule has 1 aliphatic rings. The summed E-state index contributed by atoms with van der Waals surface area (Å²) in [6.07, 6.45) is 2.00. The van der Waals surface area contributed by atoms with E-state index in [0.29, 0.717) is 12.1 Å². The summed E-state index contributed by atoms with van der Waals surface area (Å²) in [4.78, 5) is 19.4. The van der Waals surface area contributed by atoms with Crippen LogP contribution in [0.25, 0.3) is 17.1 Å². The molecule has 0 atom stereocenters. The number of aromatic nitrogens is 2. The monoisotopic (exact) mass is 365 g/mol. The number of para-hydroxylation sites is 2. The molecule has 3 aromatic rings. The molecule has 1 saturated heterocycles. The molecule has 0 spiro atoms. The van der Waals surface area contributed by atoms with E-state index in [0.717, 1.165) is 33.4 Å². The first-order valence-electron chi connectivity index (χ1n) is 8.39. The molecule has 0 unspecified atom stereocenters. The fourth-order valence-corrected chi connectivity index (χ4v) is 4.05. The van der Waals surface area contributed by atoms with E-state index in [2.05, 4.69) is 9.55 Å². The van der Waals surface area contributed by atoms with Crippen LogP contribution in [0.15, 0.2) is 53.6 Å². The van der Waals surface area contributed by atoms with Crippen LogP contribution < -0.4 is 4.74 Å². The van der Waals surface area contributed by atoms with E-state index in [1.807, 2.05) is 54.4 Å². The van der Waals surface area contributed by atoms with Gasteiger partial charge in [-0.3, -0.25) is 4.79 Å². The number of carbonyl (C=O) groups excluding carboxylic acids is 1. The first-order chi connectivity index (χ1) is 12.7. The standard InChI is InChI=1S/C20H19N3O2S/c1-22-17-6-4-3-5-16(17)21-18(22)13-19-23(11-12-26-19)20(24)14-7-9-15(25-2)10-8-14/h3-10,13H,11-12H2,1-2H3/b19-13+. The van der Waals surface area contributed by atoms with E-state index in [4.69, 9.17) is 4.74 Å². The number of ether oxygens (including phenoxy) is 1. The van der Waals surface area contributed by atoms with Crippen LogP contribution in [-0.2, 0) is 7.05 Å². The molecule has 6 heteroatoms. The number of benzene rings is 2. The molecule has 0 N–H and O–H groups in total. The van der Waals surface area contributed by atoms with Gasteiger partial charge >= 0.3 is 0 Å². The van der Waals surface area contributed by atoms with Crippen molar-refractivity contribution >= 4 is 34.8 Å². The highest BCUT2D eigenvalue weighted by atomic mass is 32.2.